The van der Waals surface area contributed by atoms with Gasteiger partial charge in [-0.3, -0.25) is 8.98 Å². The average molecular weight is 621 g/mol. The molecule has 15 nitrogen and oxygen atoms in total. The van der Waals surface area contributed by atoms with Gasteiger partial charge in [-0.2, -0.15) is 20.3 Å². The number of hydrogen-bond acceptors (Lipinski definition) is 14. The van der Waals surface area contributed by atoms with Crippen LogP contribution < -0.4 is 68.9 Å². The molecule has 0 aromatic heterocycles. The number of ether oxygens (including phenoxy) is 1. The van der Waals surface area contributed by atoms with Crippen LogP contribution in [0.3, 0.4) is 0 Å². The summed E-state index contributed by atoms with van der Waals surface area (Å²) in [7, 11) is -12.5. The Morgan fingerprint density at radius 3 is 2.10 bits per heavy atom. The van der Waals surface area contributed by atoms with E-state index in [1.165, 1.54) is 38.3 Å². The second kappa shape index (κ2) is 14.1. The minimum absolute atomic E-state index is 0. The Morgan fingerprint density at radius 2 is 1.56 bits per heavy atom. The van der Waals surface area contributed by atoms with Crippen molar-refractivity contribution in [1.82, 2.24) is 0 Å². The van der Waals surface area contributed by atoms with Gasteiger partial charge in [-0.15, -0.1) is 0 Å². The van der Waals surface area contributed by atoms with Gasteiger partial charge in [0.15, 0.2) is 15.9 Å². The molecule has 1 heterocycles. The van der Waals surface area contributed by atoms with Gasteiger partial charge in [0.05, 0.1) is 40.7 Å². The number of rotatable bonds is 10. The Bertz CT molecular complexity index is 1600. The molecule has 1 aliphatic heterocycles. The van der Waals surface area contributed by atoms with E-state index in [1.54, 1.807) is 0 Å². The molecule has 3 rings (SSSR count). The molecule has 1 unspecified atom stereocenters. The summed E-state index contributed by atoms with van der Waals surface area (Å²) in [6, 6.07) is 6.80. The third kappa shape index (κ3) is 9.37. The van der Waals surface area contributed by atoms with Gasteiger partial charge in [-0.05, 0) is 49.4 Å². The maximum atomic E-state index is 12.9. The SMILES string of the molecule is COc1ccc(S(=O)(=O)CCOS(=O)(=O)[O-])cc1N=NC1C(=O)N(c2ccc(S(=O)(=O)[O-])cc2)N=C1C.[Na+].[Na+]. The summed E-state index contributed by atoms with van der Waals surface area (Å²) in [5.74, 6) is -1.36. The van der Waals surface area contributed by atoms with E-state index >= 15 is 0 Å². The summed E-state index contributed by atoms with van der Waals surface area (Å²) < 4.78 is 99.0. The Labute approximate surface area is 268 Å². The van der Waals surface area contributed by atoms with Crippen LogP contribution in [0.25, 0.3) is 0 Å². The van der Waals surface area contributed by atoms with E-state index in [0.717, 1.165) is 23.2 Å². The number of sulfone groups is 1. The first-order chi connectivity index (χ1) is 17.1. The first-order valence-electron chi connectivity index (χ1n) is 9.99. The van der Waals surface area contributed by atoms with Gasteiger partial charge in [0, 0.05) is 0 Å². The minimum atomic E-state index is -5.07. The third-order valence-electron chi connectivity index (χ3n) is 4.84. The van der Waals surface area contributed by atoms with E-state index < -0.39 is 59.6 Å². The van der Waals surface area contributed by atoms with E-state index in [1.807, 2.05) is 0 Å². The first-order valence-corrected chi connectivity index (χ1v) is 14.4. The van der Waals surface area contributed by atoms with Gasteiger partial charge < -0.3 is 13.8 Å². The number of methoxy groups -OCH3 is 1. The van der Waals surface area contributed by atoms with Crippen LogP contribution in [0.5, 0.6) is 5.75 Å². The van der Waals surface area contributed by atoms with Crippen molar-refractivity contribution in [3.8, 4) is 5.75 Å². The molecule has 200 valence electrons. The smallest absolute Gasteiger partial charge is 0.744 e. The van der Waals surface area contributed by atoms with E-state index in [-0.39, 0.29) is 86.8 Å². The molecule has 1 amide bonds. The number of azo groups is 1. The minimum Gasteiger partial charge on any atom is -0.744 e. The summed E-state index contributed by atoms with van der Waals surface area (Å²) >= 11 is 0. The van der Waals surface area contributed by atoms with Crippen LogP contribution >= 0.6 is 0 Å². The molecule has 0 bridgehead atoms. The second-order valence-corrected chi connectivity index (χ2v) is 11.9. The number of hydrogen-bond donors (Lipinski definition) is 0. The average Bonchev–Trinajstić information content (AvgIpc) is 3.09. The Balaban J connectivity index is 0.00000380. The van der Waals surface area contributed by atoms with Crippen LogP contribution in [0.1, 0.15) is 6.92 Å². The first kappa shape index (κ1) is 35.7. The van der Waals surface area contributed by atoms with Crippen LogP contribution in [0.4, 0.5) is 11.4 Å². The van der Waals surface area contributed by atoms with Crippen LogP contribution in [-0.2, 0) is 39.3 Å². The van der Waals surface area contributed by atoms with E-state index in [0.29, 0.717) is 0 Å². The molecule has 0 radical (unpaired) electrons. The van der Waals surface area contributed by atoms with E-state index in [9.17, 15) is 39.2 Å². The topological polar surface area (TPSA) is 224 Å². The number of carbonyl (C=O) groups excluding carboxylic acids is 1. The van der Waals surface area contributed by atoms with Crippen molar-refractivity contribution in [2.24, 2.45) is 15.3 Å². The van der Waals surface area contributed by atoms with Gasteiger partial charge in [0.25, 0.3) is 5.91 Å². The van der Waals surface area contributed by atoms with E-state index in [2.05, 4.69) is 19.5 Å². The summed E-state index contributed by atoms with van der Waals surface area (Å²) in [6.07, 6.45) is 0. The van der Waals surface area contributed by atoms with Gasteiger partial charge in [0.2, 0.25) is 10.4 Å². The van der Waals surface area contributed by atoms with Crippen molar-refractivity contribution in [3.63, 3.8) is 0 Å². The van der Waals surface area contributed by atoms with Crippen molar-refractivity contribution in [2.45, 2.75) is 22.8 Å². The quantitative estimate of drug-likeness (QED) is 0.106. The molecule has 2 aromatic rings. The molecule has 1 atom stereocenters. The third-order valence-corrected chi connectivity index (χ3v) is 7.82. The van der Waals surface area contributed by atoms with Gasteiger partial charge in [0.1, 0.15) is 21.6 Å². The number of anilines is 1. The molecular formula is C19H18N4Na2O11S3. The predicted molar refractivity (Wildman–Crippen MR) is 124 cm³/mol. The standard InChI is InChI=1S/C19H20N4O11S3.2Na/c1-12-18(19(24)23(22-12)13-3-5-14(6-4-13)36(27,28)29)21-20-16-11-15(7-8-17(16)33-2)35(25,26)10-9-34-37(30,31)32;;/h3-8,11,18H,9-10H2,1-2H3,(H,27,28,29)(H,30,31,32);;/q;2*+1/p-2. The molecule has 0 spiro atoms. The summed E-state index contributed by atoms with van der Waals surface area (Å²) in [5.41, 5.74) is 0.306. The van der Waals surface area contributed by atoms with Crippen LogP contribution in [0, 0.1) is 0 Å². The summed E-state index contributed by atoms with van der Waals surface area (Å²) in [6.45, 7) is 0.598. The molecular weight excluding hydrogens is 602 g/mol. The number of carbonyl (C=O) groups is 1. The van der Waals surface area contributed by atoms with Gasteiger partial charge in [-0.25, -0.2) is 25.3 Å². The molecule has 1 aliphatic rings. The summed E-state index contributed by atoms with van der Waals surface area (Å²) in [5, 5.41) is 12.9. The number of amides is 1. The molecule has 39 heavy (non-hydrogen) atoms. The fraction of sp³-hybridized carbons (Fsp3) is 0.263. The molecule has 20 heteroatoms. The van der Waals surface area contributed by atoms with Crippen molar-refractivity contribution in [2.75, 3.05) is 24.5 Å². The van der Waals surface area contributed by atoms with Gasteiger partial charge >= 0.3 is 59.1 Å². The number of hydrazone groups is 1. The van der Waals surface area contributed by atoms with Crippen LogP contribution in [-0.4, -0.2) is 71.5 Å². The second-order valence-electron chi connectivity index (χ2n) is 7.34. The Kier molecular flexibility index (Phi) is 12.9. The molecule has 2 aromatic carbocycles. The van der Waals surface area contributed by atoms with Crippen molar-refractivity contribution in [3.05, 3.63) is 42.5 Å². The van der Waals surface area contributed by atoms with Crippen LogP contribution in [0.2, 0.25) is 0 Å². The van der Waals surface area contributed by atoms with Crippen molar-refractivity contribution in [1.29, 1.82) is 0 Å². The summed E-state index contributed by atoms with van der Waals surface area (Å²) in [4.78, 5) is 12.1. The van der Waals surface area contributed by atoms with Crippen molar-refractivity contribution < 1.29 is 107 Å². The molecule has 0 aliphatic carbocycles. The maximum Gasteiger partial charge on any atom is 1.00 e. The molecule has 0 saturated carbocycles. The van der Waals surface area contributed by atoms with Crippen molar-refractivity contribution >= 4 is 53.3 Å². The largest absolute Gasteiger partial charge is 1.00 e. The monoisotopic (exact) mass is 620 g/mol. The number of nitrogens with zero attached hydrogens (tertiary/aromatic N) is 4. The van der Waals surface area contributed by atoms with E-state index in [4.69, 9.17) is 4.74 Å². The normalized spacial score (nSPS) is 16.0. The van der Waals surface area contributed by atoms with Gasteiger partial charge in [-0.1, -0.05) is 0 Å². The Morgan fingerprint density at radius 1 is 0.974 bits per heavy atom. The maximum absolute atomic E-state index is 12.9. The fourth-order valence-electron chi connectivity index (χ4n) is 3.05. The Hall–Kier alpha value is -1.29. The molecule has 0 saturated heterocycles. The fourth-order valence-corrected chi connectivity index (χ4v) is 5.02. The number of benzene rings is 2. The zero-order valence-corrected chi connectivity index (χ0v) is 27.5. The predicted octanol–water partition coefficient (Wildman–Crippen LogP) is -5.27. The molecule has 0 fully saturated rings. The zero-order chi connectivity index (χ0) is 27.6. The molecule has 0 N–H and O–H groups in total. The van der Waals surface area contributed by atoms with Crippen LogP contribution in [0.15, 0.2) is 67.6 Å². The zero-order valence-electron chi connectivity index (χ0n) is 21.0.